The van der Waals surface area contributed by atoms with Crippen LogP contribution >= 0.6 is 0 Å². The molecule has 1 N–H and O–H groups in total. The molecule has 0 bridgehead atoms. The maximum atomic E-state index is 3.33. The highest BCUT2D eigenvalue weighted by Crippen LogP contribution is 2.30. The summed E-state index contributed by atoms with van der Waals surface area (Å²) in [5.74, 6) is 0.915. The molecule has 0 saturated heterocycles. The van der Waals surface area contributed by atoms with Crippen LogP contribution in [0.3, 0.4) is 0 Å². The molecule has 0 amide bonds. The first-order chi connectivity index (χ1) is 9.36. The molecule has 1 aliphatic heterocycles. The van der Waals surface area contributed by atoms with Crippen LogP contribution in [0.1, 0.15) is 36.8 Å². The molecule has 1 saturated carbocycles. The van der Waals surface area contributed by atoms with Gasteiger partial charge in [-0.1, -0.05) is 24.3 Å². The van der Waals surface area contributed by atoms with Gasteiger partial charge in [0.15, 0.2) is 0 Å². The summed E-state index contributed by atoms with van der Waals surface area (Å²) in [6.45, 7) is 3.64. The average molecular weight is 258 g/mol. The second kappa shape index (κ2) is 6.06. The molecule has 2 nitrogen and oxygen atoms in total. The fraction of sp³-hybridized carbons (Fsp3) is 0.647. The van der Waals surface area contributed by atoms with Gasteiger partial charge in [0.05, 0.1) is 0 Å². The fourth-order valence-electron chi connectivity index (χ4n) is 3.83. The smallest absolute Gasteiger partial charge is 0.0239 e. The van der Waals surface area contributed by atoms with Crippen LogP contribution in [0.15, 0.2) is 24.3 Å². The van der Waals surface area contributed by atoms with E-state index in [1.807, 2.05) is 0 Å². The molecule has 0 radical (unpaired) electrons. The van der Waals surface area contributed by atoms with Crippen molar-refractivity contribution >= 4 is 0 Å². The summed E-state index contributed by atoms with van der Waals surface area (Å²) in [7, 11) is 2.08. The maximum absolute atomic E-state index is 3.33. The second-order valence-electron chi connectivity index (χ2n) is 6.22. The number of fused-ring (bicyclic) bond motifs is 1. The number of nitrogens with one attached hydrogen (secondary N) is 1. The number of hydrogen-bond acceptors (Lipinski definition) is 2. The van der Waals surface area contributed by atoms with E-state index in [1.54, 1.807) is 11.1 Å². The summed E-state index contributed by atoms with van der Waals surface area (Å²) in [5, 5.41) is 3.33. The Hall–Kier alpha value is -0.860. The van der Waals surface area contributed by atoms with Crippen LogP contribution in [0, 0.1) is 5.92 Å². The molecule has 0 aromatic heterocycles. The van der Waals surface area contributed by atoms with Crippen molar-refractivity contribution in [2.75, 3.05) is 20.1 Å². The molecule has 2 heteroatoms. The first-order valence-electron chi connectivity index (χ1n) is 7.82. The maximum Gasteiger partial charge on any atom is 0.0239 e. The standard InChI is InChI=1S/C17H26N2/c1-18-12-14-6-8-17(9-7-14)19-11-10-15-4-2-3-5-16(15)13-19/h2-5,14,17-18H,6-13H2,1H3. The van der Waals surface area contributed by atoms with Crippen molar-refractivity contribution in [3.63, 3.8) is 0 Å². The van der Waals surface area contributed by atoms with E-state index < -0.39 is 0 Å². The summed E-state index contributed by atoms with van der Waals surface area (Å²) in [6.07, 6.45) is 6.85. The van der Waals surface area contributed by atoms with E-state index in [1.165, 1.54) is 51.7 Å². The molecule has 0 atom stereocenters. The van der Waals surface area contributed by atoms with Crippen LogP contribution in [0.25, 0.3) is 0 Å². The van der Waals surface area contributed by atoms with Crippen LogP contribution in [0.4, 0.5) is 0 Å². The van der Waals surface area contributed by atoms with Gasteiger partial charge in [-0.2, -0.15) is 0 Å². The second-order valence-corrected chi connectivity index (χ2v) is 6.22. The first kappa shape index (κ1) is 13.1. The Labute approximate surface area is 117 Å². The van der Waals surface area contributed by atoms with Gasteiger partial charge in [-0.25, -0.2) is 0 Å². The van der Waals surface area contributed by atoms with Gasteiger partial charge in [-0.15, -0.1) is 0 Å². The quantitative estimate of drug-likeness (QED) is 0.897. The van der Waals surface area contributed by atoms with Gasteiger partial charge in [0, 0.05) is 19.1 Å². The Balaban J connectivity index is 1.57. The summed E-state index contributed by atoms with van der Waals surface area (Å²) in [6, 6.07) is 9.82. The molecule has 1 heterocycles. The van der Waals surface area contributed by atoms with Crippen molar-refractivity contribution in [2.24, 2.45) is 5.92 Å². The number of benzene rings is 1. The number of rotatable bonds is 3. The highest BCUT2D eigenvalue weighted by atomic mass is 15.2. The van der Waals surface area contributed by atoms with Gasteiger partial charge in [-0.05, 0) is 62.7 Å². The van der Waals surface area contributed by atoms with Crippen LogP contribution in [-0.2, 0) is 13.0 Å². The van der Waals surface area contributed by atoms with Gasteiger partial charge < -0.3 is 5.32 Å². The van der Waals surface area contributed by atoms with E-state index >= 15 is 0 Å². The van der Waals surface area contributed by atoms with E-state index in [0.29, 0.717) is 0 Å². The zero-order chi connectivity index (χ0) is 13.1. The molecule has 19 heavy (non-hydrogen) atoms. The third-order valence-electron chi connectivity index (χ3n) is 4.99. The average Bonchev–Trinajstić information content (AvgIpc) is 2.48. The lowest BCUT2D eigenvalue weighted by Gasteiger charge is -2.39. The summed E-state index contributed by atoms with van der Waals surface area (Å²) in [5.41, 5.74) is 3.13. The van der Waals surface area contributed by atoms with Crippen molar-refractivity contribution in [3.05, 3.63) is 35.4 Å². The molecule has 1 fully saturated rings. The molecule has 1 aliphatic carbocycles. The zero-order valence-electron chi connectivity index (χ0n) is 12.1. The van der Waals surface area contributed by atoms with Crippen LogP contribution < -0.4 is 5.32 Å². The van der Waals surface area contributed by atoms with Gasteiger partial charge >= 0.3 is 0 Å². The molecule has 104 valence electrons. The Morgan fingerprint density at radius 1 is 1.11 bits per heavy atom. The molecular formula is C17H26N2. The van der Waals surface area contributed by atoms with E-state index in [2.05, 4.69) is 41.5 Å². The monoisotopic (exact) mass is 258 g/mol. The fourth-order valence-corrected chi connectivity index (χ4v) is 3.83. The minimum absolute atomic E-state index is 0.835. The van der Waals surface area contributed by atoms with Crippen molar-refractivity contribution in [1.29, 1.82) is 0 Å². The summed E-state index contributed by atoms with van der Waals surface area (Å²) in [4.78, 5) is 2.73. The predicted octanol–water partition coefficient (Wildman–Crippen LogP) is 2.82. The summed E-state index contributed by atoms with van der Waals surface area (Å²) < 4.78 is 0. The molecule has 2 aliphatic rings. The summed E-state index contributed by atoms with van der Waals surface area (Å²) >= 11 is 0. The van der Waals surface area contributed by atoms with Crippen molar-refractivity contribution in [2.45, 2.75) is 44.7 Å². The minimum Gasteiger partial charge on any atom is -0.319 e. The highest BCUT2D eigenvalue weighted by Gasteiger charge is 2.27. The Morgan fingerprint density at radius 3 is 2.58 bits per heavy atom. The van der Waals surface area contributed by atoms with Crippen molar-refractivity contribution in [1.82, 2.24) is 10.2 Å². The lowest BCUT2D eigenvalue weighted by Crippen LogP contribution is -2.42. The largest absolute Gasteiger partial charge is 0.319 e. The van der Waals surface area contributed by atoms with Gasteiger partial charge in [0.1, 0.15) is 0 Å². The zero-order valence-corrected chi connectivity index (χ0v) is 12.1. The van der Waals surface area contributed by atoms with E-state index in [9.17, 15) is 0 Å². The van der Waals surface area contributed by atoms with E-state index in [0.717, 1.165) is 12.0 Å². The number of nitrogens with zero attached hydrogens (tertiary/aromatic N) is 1. The van der Waals surface area contributed by atoms with Crippen molar-refractivity contribution < 1.29 is 0 Å². The highest BCUT2D eigenvalue weighted by molar-refractivity contribution is 5.29. The topological polar surface area (TPSA) is 15.3 Å². The van der Waals surface area contributed by atoms with Gasteiger partial charge in [0.2, 0.25) is 0 Å². The molecule has 0 spiro atoms. The Morgan fingerprint density at radius 2 is 1.84 bits per heavy atom. The van der Waals surface area contributed by atoms with E-state index in [4.69, 9.17) is 0 Å². The Kier molecular flexibility index (Phi) is 4.19. The normalized spacial score (nSPS) is 28.1. The van der Waals surface area contributed by atoms with Crippen LogP contribution in [0.2, 0.25) is 0 Å². The molecular weight excluding hydrogens is 232 g/mol. The molecule has 1 aromatic carbocycles. The van der Waals surface area contributed by atoms with Crippen LogP contribution in [-0.4, -0.2) is 31.1 Å². The molecule has 1 aromatic rings. The molecule has 3 rings (SSSR count). The number of hydrogen-bond donors (Lipinski definition) is 1. The van der Waals surface area contributed by atoms with Crippen molar-refractivity contribution in [3.8, 4) is 0 Å². The third-order valence-corrected chi connectivity index (χ3v) is 4.99. The van der Waals surface area contributed by atoms with E-state index in [-0.39, 0.29) is 0 Å². The minimum atomic E-state index is 0.835. The lowest BCUT2D eigenvalue weighted by molar-refractivity contribution is 0.123. The lowest BCUT2D eigenvalue weighted by atomic mass is 9.84. The molecule has 0 unspecified atom stereocenters. The third kappa shape index (κ3) is 3.01. The predicted molar refractivity (Wildman–Crippen MR) is 80.2 cm³/mol. The van der Waals surface area contributed by atoms with Crippen LogP contribution in [0.5, 0.6) is 0 Å². The Bertz CT molecular complexity index is 407. The van der Waals surface area contributed by atoms with Gasteiger partial charge in [-0.3, -0.25) is 4.90 Å². The van der Waals surface area contributed by atoms with Gasteiger partial charge in [0.25, 0.3) is 0 Å². The SMILES string of the molecule is CNCC1CCC(N2CCc3ccccc3C2)CC1. The first-order valence-corrected chi connectivity index (χ1v) is 7.82.